The van der Waals surface area contributed by atoms with Crippen molar-refractivity contribution in [2.75, 3.05) is 0 Å². The maximum atomic E-state index is 7.23. The Labute approximate surface area is 106 Å². The van der Waals surface area contributed by atoms with E-state index in [0.29, 0.717) is 11.6 Å². The molecule has 2 unspecified atom stereocenters. The van der Waals surface area contributed by atoms with Gasteiger partial charge in [0, 0.05) is 12.8 Å². The van der Waals surface area contributed by atoms with Crippen LogP contribution in [0, 0.1) is 5.41 Å². The number of rotatable bonds is 3. The summed E-state index contributed by atoms with van der Waals surface area (Å²) < 4.78 is 11.4. The van der Waals surface area contributed by atoms with Crippen molar-refractivity contribution in [1.82, 2.24) is 9.97 Å². The molecule has 3 N–H and O–H groups in total. The fourth-order valence-electron chi connectivity index (χ4n) is 2.13. The van der Waals surface area contributed by atoms with E-state index in [9.17, 15) is 0 Å². The SMILES string of the molecule is CC1CC(Oc2cnc(C(=N)N)cn2)CC(C)O1. The van der Waals surface area contributed by atoms with Crippen LogP contribution in [0.1, 0.15) is 32.4 Å². The van der Waals surface area contributed by atoms with Gasteiger partial charge in [-0.05, 0) is 13.8 Å². The van der Waals surface area contributed by atoms with Gasteiger partial charge in [0.05, 0.1) is 24.6 Å². The predicted molar refractivity (Wildman–Crippen MR) is 66.7 cm³/mol. The van der Waals surface area contributed by atoms with Crippen LogP contribution in [0.5, 0.6) is 5.88 Å². The molecule has 6 nitrogen and oxygen atoms in total. The maximum absolute atomic E-state index is 7.23. The normalized spacial score (nSPS) is 27.8. The van der Waals surface area contributed by atoms with Crippen LogP contribution in [0.15, 0.2) is 12.4 Å². The van der Waals surface area contributed by atoms with Gasteiger partial charge in [-0.2, -0.15) is 0 Å². The standard InChI is InChI=1S/C12H18N4O2/c1-7-3-9(4-8(2)17-7)18-11-6-15-10(5-16-11)12(13)14/h5-9H,3-4H2,1-2H3,(H3,13,14). The van der Waals surface area contributed by atoms with Gasteiger partial charge >= 0.3 is 0 Å². The second-order valence-electron chi connectivity index (χ2n) is 4.62. The molecule has 0 saturated carbocycles. The minimum atomic E-state index is -0.0950. The fraction of sp³-hybridized carbons (Fsp3) is 0.583. The van der Waals surface area contributed by atoms with E-state index in [1.807, 2.05) is 13.8 Å². The molecule has 0 radical (unpaired) electrons. The zero-order valence-electron chi connectivity index (χ0n) is 10.6. The van der Waals surface area contributed by atoms with E-state index in [4.69, 9.17) is 20.6 Å². The minimum Gasteiger partial charge on any atom is -0.473 e. The molecule has 0 spiro atoms. The molecular weight excluding hydrogens is 232 g/mol. The number of nitrogen functional groups attached to an aromatic ring is 1. The Bertz CT molecular complexity index is 411. The van der Waals surface area contributed by atoms with E-state index >= 15 is 0 Å². The van der Waals surface area contributed by atoms with Gasteiger partial charge in [-0.1, -0.05) is 0 Å². The van der Waals surface area contributed by atoms with Crippen molar-refractivity contribution in [1.29, 1.82) is 5.41 Å². The Morgan fingerprint density at radius 3 is 2.50 bits per heavy atom. The predicted octanol–water partition coefficient (Wildman–Crippen LogP) is 1.10. The number of nitrogens with two attached hydrogens (primary N) is 1. The van der Waals surface area contributed by atoms with E-state index in [1.54, 1.807) is 0 Å². The van der Waals surface area contributed by atoms with Crippen molar-refractivity contribution in [2.45, 2.75) is 45.0 Å². The van der Waals surface area contributed by atoms with Crippen molar-refractivity contribution >= 4 is 5.84 Å². The fourth-order valence-corrected chi connectivity index (χ4v) is 2.13. The molecule has 2 rings (SSSR count). The Hall–Kier alpha value is -1.69. The molecule has 1 saturated heterocycles. The first-order chi connectivity index (χ1) is 8.54. The Morgan fingerprint density at radius 1 is 1.33 bits per heavy atom. The number of hydrogen-bond donors (Lipinski definition) is 2. The lowest BCUT2D eigenvalue weighted by molar-refractivity contribution is -0.0730. The topological polar surface area (TPSA) is 94.1 Å². The van der Waals surface area contributed by atoms with Crippen LogP contribution in [0.3, 0.4) is 0 Å². The summed E-state index contributed by atoms with van der Waals surface area (Å²) in [6.07, 6.45) is 5.14. The van der Waals surface area contributed by atoms with Crippen LogP contribution >= 0.6 is 0 Å². The summed E-state index contributed by atoms with van der Waals surface area (Å²) in [6, 6.07) is 0. The van der Waals surface area contributed by atoms with E-state index in [0.717, 1.165) is 12.8 Å². The van der Waals surface area contributed by atoms with Crippen molar-refractivity contribution < 1.29 is 9.47 Å². The Kier molecular flexibility index (Phi) is 3.76. The van der Waals surface area contributed by atoms with E-state index in [1.165, 1.54) is 12.4 Å². The third-order valence-electron chi connectivity index (χ3n) is 2.85. The number of nitrogens with zero attached hydrogens (tertiary/aromatic N) is 2. The van der Waals surface area contributed by atoms with Gasteiger partial charge in [-0.3, -0.25) is 5.41 Å². The van der Waals surface area contributed by atoms with E-state index in [-0.39, 0.29) is 24.1 Å². The highest BCUT2D eigenvalue weighted by atomic mass is 16.5. The van der Waals surface area contributed by atoms with Gasteiger partial charge in [-0.25, -0.2) is 9.97 Å². The molecule has 6 heteroatoms. The quantitative estimate of drug-likeness (QED) is 0.618. The van der Waals surface area contributed by atoms with Crippen LogP contribution in [0.2, 0.25) is 0 Å². The summed E-state index contributed by atoms with van der Waals surface area (Å²) in [5.41, 5.74) is 5.67. The van der Waals surface area contributed by atoms with Gasteiger partial charge in [0.15, 0.2) is 0 Å². The molecule has 1 aromatic rings. The molecule has 2 atom stereocenters. The van der Waals surface area contributed by atoms with E-state index < -0.39 is 0 Å². The minimum absolute atomic E-state index is 0.0950. The molecule has 1 aliphatic rings. The lowest BCUT2D eigenvalue weighted by Gasteiger charge is -2.31. The molecule has 1 fully saturated rings. The van der Waals surface area contributed by atoms with Gasteiger partial charge in [0.1, 0.15) is 17.6 Å². The van der Waals surface area contributed by atoms with Crippen molar-refractivity contribution in [3.05, 3.63) is 18.1 Å². The van der Waals surface area contributed by atoms with Crippen LogP contribution in [-0.4, -0.2) is 34.1 Å². The average molecular weight is 250 g/mol. The third kappa shape index (κ3) is 3.16. The third-order valence-corrected chi connectivity index (χ3v) is 2.85. The van der Waals surface area contributed by atoms with Crippen LogP contribution < -0.4 is 10.5 Å². The Balaban J connectivity index is 1.98. The molecular formula is C12H18N4O2. The summed E-state index contributed by atoms with van der Waals surface area (Å²) in [5, 5.41) is 7.23. The molecule has 98 valence electrons. The van der Waals surface area contributed by atoms with Crippen molar-refractivity contribution in [3.8, 4) is 5.88 Å². The van der Waals surface area contributed by atoms with Gasteiger partial charge in [0.25, 0.3) is 0 Å². The molecule has 0 bridgehead atoms. The second-order valence-corrected chi connectivity index (χ2v) is 4.62. The monoisotopic (exact) mass is 250 g/mol. The summed E-state index contributed by atoms with van der Waals surface area (Å²) in [5.74, 6) is 0.369. The first-order valence-corrected chi connectivity index (χ1v) is 6.03. The number of aromatic nitrogens is 2. The summed E-state index contributed by atoms with van der Waals surface area (Å²) >= 11 is 0. The van der Waals surface area contributed by atoms with Gasteiger partial charge in [0.2, 0.25) is 5.88 Å². The first kappa shape index (κ1) is 12.8. The number of hydrogen-bond acceptors (Lipinski definition) is 5. The highest BCUT2D eigenvalue weighted by molar-refractivity contribution is 5.92. The summed E-state index contributed by atoms with van der Waals surface area (Å²) in [4.78, 5) is 8.11. The molecule has 0 aromatic carbocycles. The maximum Gasteiger partial charge on any atom is 0.232 e. The first-order valence-electron chi connectivity index (χ1n) is 6.03. The Morgan fingerprint density at radius 2 is 2.00 bits per heavy atom. The molecule has 0 aliphatic carbocycles. The highest BCUT2D eigenvalue weighted by Crippen LogP contribution is 2.22. The smallest absolute Gasteiger partial charge is 0.232 e. The summed E-state index contributed by atoms with van der Waals surface area (Å²) in [7, 11) is 0. The molecule has 0 amide bonds. The molecule has 1 aliphatic heterocycles. The van der Waals surface area contributed by atoms with Gasteiger partial charge in [-0.15, -0.1) is 0 Å². The molecule has 2 heterocycles. The number of amidine groups is 1. The average Bonchev–Trinajstić information content (AvgIpc) is 2.28. The van der Waals surface area contributed by atoms with Crippen LogP contribution in [0.4, 0.5) is 0 Å². The highest BCUT2D eigenvalue weighted by Gasteiger charge is 2.26. The van der Waals surface area contributed by atoms with Crippen LogP contribution in [-0.2, 0) is 4.74 Å². The van der Waals surface area contributed by atoms with Gasteiger partial charge < -0.3 is 15.2 Å². The lowest BCUT2D eigenvalue weighted by atomic mass is 10.0. The van der Waals surface area contributed by atoms with Crippen molar-refractivity contribution in [3.63, 3.8) is 0 Å². The zero-order chi connectivity index (χ0) is 13.1. The zero-order valence-corrected chi connectivity index (χ0v) is 10.6. The largest absolute Gasteiger partial charge is 0.473 e. The van der Waals surface area contributed by atoms with Crippen molar-refractivity contribution in [2.24, 2.45) is 5.73 Å². The lowest BCUT2D eigenvalue weighted by Crippen LogP contribution is -2.35. The molecule has 1 aromatic heterocycles. The number of nitrogens with one attached hydrogen (secondary N) is 1. The van der Waals surface area contributed by atoms with E-state index in [2.05, 4.69) is 9.97 Å². The van der Waals surface area contributed by atoms with Crippen LogP contribution in [0.25, 0.3) is 0 Å². The summed E-state index contributed by atoms with van der Waals surface area (Å²) in [6.45, 7) is 4.08. The second kappa shape index (κ2) is 5.30. The number of ether oxygens (including phenoxy) is 2. The molecule has 18 heavy (non-hydrogen) atoms.